The molecule has 2 heterocycles. The van der Waals surface area contributed by atoms with Crippen LogP contribution in [-0.2, 0) is 17.1 Å². The maximum absolute atomic E-state index is 13.2. The third-order valence-corrected chi connectivity index (χ3v) is 7.03. The van der Waals surface area contributed by atoms with Crippen molar-refractivity contribution in [3.63, 3.8) is 0 Å². The maximum atomic E-state index is 13.2. The molecule has 1 amide bonds. The number of carbonyl (C=O) groups is 1. The van der Waals surface area contributed by atoms with Crippen molar-refractivity contribution in [3.8, 4) is 5.75 Å². The Kier molecular flexibility index (Phi) is 5.22. The van der Waals surface area contributed by atoms with Gasteiger partial charge in [0.2, 0.25) is 5.03 Å². The normalized spacial score (nSPS) is 17.9. The molecule has 1 N–H and O–H groups in total. The van der Waals surface area contributed by atoms with Crippen LogP contribution in [0.5, 0.6) is 5.75 Å². The molecule has 1 saturated carbocycles. The van der Waals surface area contributed by atoms with Gasteiger partial charge >= 0.3 is 0 Å². The second-order valence-corrected chi connectivity index (χ2v) is 9.22. The topological polar surface area (TPSA) is 96.8 Å². The van der Waals surface area contributed by atoms with Crippen molar-refractivity contribution in [3.05, 3.63) is 36.0 Å². The molecule has 0 radical (unpaired) electrons. The number of methoxy groups -OCH3 is 1. The van der Waals surface area contributed by atoms with E-state index in [1.165, 1.54) is 15.2 Å². The van der Waals surface area contributed by atoms with Gasteiger partial charge in [-0.3, -0.25) is 9.48 Å². The summed E-state index contributed by atoms with van der Waals surface area (Å²) >= 11 is 0. The Morgan fingerprint density at radius 3 is 2.59 bits per heavy atom. The molecule has 1 saturated heterocycles. The van der Waals surface area contributed by atoms with Gasteiger partial charge in [0.1, 0.15) is 5.75 Å². The van der Waals surface area contributed by atoms with Crippen LogP contribution in [-0.4, -0.2) is 67.7 Å². The highest BCUT2D eigenvalue weighted by Crippen LogP contribution is 2.26. The number of amides is 1. The smallest absolute Gasteiger partial charge is 0.263 e. The first-order chi connectivity index (χ1) is 13.9. The Morgan fingerprint density at radius 2 is 1.93 bits per heavy atom. The molecule has 0 atom stereocenters. The third-order valence-electron chi connectivity index (χ3n) is 5.19. The van der Waals surface area contributed by atoms with Crippen molar-refractivity contribution in [1.29, 1.82) is 0 Å². The maximum Gasteiger partial charge on any atom is 0.263 e. The van der Waals surface area contributed by atoms with Gasteiger partial charge < -0.3 is 15.0 Å². The van der Waals surface area contributed by atoms with Crippen LogP contribution in [0.1, 0.15) is 23.2 Å². The fraction of sp³-hybridized carbons (Fsp3) is 0.474. The molecule has 0 unspecified atom stereocenters. The fourth-order valence-electron chi connectivity index (χ4n) is 3.42. The lowest BCUT2D eigenvalue weighted by Crippen LogP contribution is -2.49. The van der Waals surface area contributed by atoms with Crippen LogP contribution in [0, 0.1) is 0 Å². The van der Waals surface area contributed by atoms with Crippen molar-refractivity contribution in [1.82, 2.24) is 19.4 Å². The molecule has 0 bridgehead atoms. The number of anilines is 1. The lowest BCUT2D eigenvalue weighted by molar-refractivity contribution is 0.0947. The number of hydrogen-bond donors (Lipinski definition) is 1. The van der Waals surface area contributed by atoms with Gasteiger partial charge in [-0.15, -0.1) is 0 Å². The van der Waals surface area contributed by atoms with Gasteiger partial charge in [0, 0.05) is 57.2 Å². The van der Waals surface area contributed by atoms with Crippen molar-refractivity contribution in [2.45, 2.75) is 23.9 Å². The SMILES string of the molecule is COc1cccc(N2CCN(S(=O)(=O)c3nn(C)cc3C(=O)NC3CC3)CC2)c1. The van der Waals surface area contributed by atoms with E-state index in [9.17, 15) is 13.2 Å². The highest BCUT2D eigenvalue weighted by Gasteiger charge is 2.35. The number of benzene rings is 1. The van der Waals surface area contributed by atoms with Crippen molar-refractivity contribution in [2.75, 3.05) is 38.2 Å². The number of nitrogens with one attached hydrogen (secondary N) is 1. The van der Waals surface area contributed by atoms with E-state index in [2.05, 4.69) is 15.3 Å². The van der Waals surface area contributed by atoms with E-state index in [1.807, 2.05) is 24.3 Å². The number of aromatic nitrogens is 2. The zero-order valence-corrected chi connectivity index (χ0v) is 17.4. The summed E-state index contributed by atoms with van der Waals surface area (Å²) in [5, 5.41) is 6.77. The molecule has 1 aliphatic heterocycles. The summed E-state index contributed by atoms with van der Waals surface area (Å²) in [5.74, 6) is 0.381. The quantitative estimate of drug-likeness (QED) is 0.745. The Balaban J connectivity index is 1.50. The lowest BCUT2D eigenvalue weighted by Gasteiger charge is -2.35. The fourth-order valence-corrected chi connectivity index (χ4v) is 4.97. The van der Waals surface area contributed by atoms with Gasteiger partial charge in [0.15, 0.2) is 0 Å². The first kappa shape index (κ1) is 19.7. The number of rotatable bonds is 6. The molecular formula is C19H25N5O4S. The first-order valence-corrected chi connectivity index (χ1v) is 11.1. The Bertz CT molecular complexity index is 1010. The molecule has 1 aliphatic carbocycles. The van der Waals surface area contributed by atoms with Gasteiger partial charge in [0.05, 0.1) is 12.7 Å². The molecule has 2 aromatic rings. The van der Waals surface area contributed by atoms with Crippen LogP contribution in [0.2, 0.25) is 0 Å². The van der Waals surface area contributed by atoms with E-state index in [4.69, 9.17) is 4.74 Å². The summed E-state index contributed by atoms with van der Waals surface area (Å²) in [6.45, 7) is 1.73. The predicted molar refractivity (Wildman–Crippen MR) is 108 cm³/mol. The van der Waals surface area contributed by atoms with Crippen LogP contribution in [0.25, 0.3) is 0 Å². The molecule has 29 heavy (non-hydrogen) atoms. The Morgan fingerprint density at radius 1 is 1.21 bits per heavy atom. The number of piperazine rings is 1. The molecule has 0 spiro atoms. The second-order valence-electron chi connectivity index (χ2n) is 7.36. The van der Waals surface area contributed by atoms with Crippen molar-refractivity contribution < 1.29 is 17.9 Å². The molecule has 2 fully saturated rings. The minimum atomic E-state index is -3.86. The number of hydrogen-bond acceptors (Lipinski definition) is 6. The lowest BCUT2D eigenvalue weighted by atomic mass is 10.2. The van der Waals surface area contributed by atoms with Crippen molar-refractivity contribution in [2.24, 2.45) is 7.05 Å². The van der Waals surface area contributed by atoms with Crippen molar-refractivity contribution >= 4 is 21.6 Å². The summed E-state index contributed by atoms with van der Waals surface area (Å²) in [7, 11) is -0.624. The Hall–Kier alpha value is -2.59. The molecule has 4 rings (SSSR count). The second kappa shape index (κ2) is 7.68. The zero-order valence-electron chi connectivity index (χ0n) is 16.5. The zero-order chi connectivity index (χ0) is 20.6. The predicted octanol–water partition coefficient (Wildman–Crippen LogP) is 0.832. The van der Waals surface area contributed by atoms with E-state index >= 15 is 0 Å². The van der Waals surface area contributed by atoms with E-state index in [1.54, 1.807) is 14.2 Å². The molecule has 2 aliphatic rings. The molecule has 1 aromatic heterocycles. The molecule has 9 nitrogen and oxygen atoms in total. The van der Waals surface area contributed by atoms with Gasteiger partial charge in [-0.25, -0.2) is 8.42 Å². The highest BCUT2D eigenvalue weighted by atomic mass is 32.2. The number of ether oxygens (including phenoxy) is 1. The Labute approximate surface area is 170 Å². The minimum Gasteiger partial charge on any atom is -0.497 e. The van der Waals surface area contributed by atoms with E-state index < -0.39 is 10.0 Å². The van der Waals surface area contributed by atoms with Gasteiger partial charge in [-0.05, 0) is 25.0 Å². The first-order valence-electron chi connectivity index (χ1n) is 9.62. The van der Waals surface area contributed by atoms with E-state index in [0.717, 1.165) is 24.3 Å². The minimum absolute atomic E-state index is 0.106. The average molecular weight is 420 g/mol. The van der Waals surface area contributed by atoms with Crippen LogP contribution in [0.3, 0.4) is 0 Å². The molecule has 1 aromatic carbocycles. The van der Waals surface area contributed by atoms with Crippen LogP contribution in [0.4, 0.5) is 5.69 Å². The monoisotopic (exact) mass is 419 g/mol. The third kappa shape index (κ3) is 4.08. The largest absolute Gasteiger partial charge is 0.497 e. The summed E-state index contributed by atoms with van der Waals surface area (Å²) in [6, 6.07) is 7.84. The summed E-state index contributed by atoms with van der Waals surface area (Å²) in [6.07, 6.45) is 3.33. The number of carbonyl (C=O) groups excluding carboxylic acids is 1. The summed E-state index contributed by atoms with van der Waals surface area (Å²) in [5.41, 5.74) is 1.10. The number of aryl methyl sites for hydroxylation is 1. The van der Waals surface area contributed by atoms with Gasteiger partial charge in [-0.1, -0.05) is 6.07 Å². The van der Waals surface area contributed by atoms with Gasteiger partial charge in [0.25, 0.3) is 15.9 Å². The molecule has 10 heteroatoms. The van der Waals surface area contributed by atoms with Crippen LogP contribution >= 0.6 is 0 Å². The average Bonchev–Trinajstić information content (AvgIpc) is 3.45. The van der Waals surface area contributed by atoms with Crippen LogP contribution < -0.4 is 15.0 Å². The standard InChI is InChI=1S/C19H25N5O4S/c1-22-13-17(18(25)20-14-6-7-14)19(21-22)29(26,27)24-10-8-23(9-11-24)15-4-3-5-16(12-15)28-2/h3-5,12-14H,6-11H2,1-2H3,(H,20,25). The number of sulfonamides is 1. The van der Waals surface area contributed by atoms with E-state index in [0.29, 0.717) is 26.2 Å². The number of nitrogens with zero attached hydrogens (tertiary/aromatic N) is 4. The van der Waals surface area contributed by atoms with Gasteiger partial charge in [-0.2, -0.15) is 9.40 Å². The highest BCUT2D eigenvalue weighted by molar-refractivity contribution is 7.89. The van der Waals surface area contributed by atoms with Crippen LogP contribution in [0.15, 0.2) is 35.5 Å². The molecular weight excluding hydrogens is 394 g/mol. The molecule has 156 valence electrons. The summed E-state index contributed by atoms with van der Waals surface area (Å²) < 4.78 is 34.5. The summed E-state index contributed by atoms with van der Waals surface area (Å²) in [4.78, 5) is 14.6. The van der Waals surface area contributed by atoms with E-state index in [-0.39, 0.29) is 22.5 Å².